The zero-order valence-electron chi connectivity index (χ0n) is 20.7. The molecule has 2 aliphatic heterocycles. The van der Waals surface area contributed by atoms with Gasteiger partial charge in [0.1, 0.15) is 17.6 Å². The molecule has 4 rings (SSSR count). The second-order valence-electron chi connectivity index (χ2n) is 9.07. The van der Waals surface area contributed by atoms with E-state index in [1.54, 1.807) is 60.5 Å². The maximum atomic E-state index is 13.3. The molecule has 2 saturated heterocycles. The highest BCUT2D eigenvalue weighted by atomic mass is 16.6. The van der Waals surface area contributed by atoms with Crippen molar-refractivity contribution in [3.8, 4) is 5.75 Å². The molecule has 2 aromatic rings. The van der Waals surface area contributed by atoms with Gasteiger partial charge in [0.25, 0.3) is 11.7 Å². The van der Waals surface area contributed by atoms with Crippen LogP contribution in [0.2, 0.25) is 0 Å². The van der Waals surface area contributed by atoms with Crippen LogP contribution < -0.4 is 4.74 Å². The Kier molecular flexibility index (Phi) is 7.57. The number of piperidine rings is 1. The Morgan fingerprint density at radius 2 is 1.89 bits per heavy atom. The molecule has 1 aromatic carbocycles. The first kappa shape index (κ1) is 25.2. The monoisotopic (exact) mass is 493 g/mol. The number of ketones is 1. The van der Waals surface area contributed by atoms with Gasteiger partial charge in [0.05, 0.1) is 24.0 Å². The van der Waals surface area contributed by atoms with Gasteiger partial charge in [-0.1, -0.05) is 18.2 Å². The topological polar surface area (TPSA) is 109 Å². The number of aliphatic hydroxyl groups excluding tert-OH is 1. The predicted octanol–water partition coefficient (Wildman–Crippen LogP) is 3.91. The third-order valence-electron chi connectivity index (χ3n) is 6.31. The van der Waals surface area contributed by atoms with Crippen molar-refractivity contribution >= 4 is 23.5 Å². The van der Waals surface area contributed by atoms with Crippen LogP contribution in [-0.2, 0) is 14.3 Å². The van der Waals surface area contributed by atoms with Crippen molar-refractivity contribution in [2.24, 2.45) is 0 Å². The summed E-state index contributed by atoms with van der Waals surface area (Å²) in [5.41, 5.74) is 0.859. The number of carbonyl (C=O) groups is 3. The molecule has 0 aliphatic carbocycles. The highest BCUT2D eigenvalue weighted by Crippen LogP contribution is 2.41. The van der Waals surface area contributed by atoms with Crippen molar-refractivity contribution < 1.29 is 29.0 Å². The summed E-state index contributed by atoms with van der Waals surface area (Å²) < 4.78 is 10.8. The maximum absolute atomic E-state index is 13.3. The second-order valence-corrected chi connectivity index (χ2v) is 9.07. The Bertz CT molecular complexity index is 1160. The molecule has 1 atom stereocenters. The lowest BCUT2D eigenvalue weighted by Crippen LogP contribution is -2.48. The van der Waals surface area contributed by atoms with Crippen molar-refractivity contribution in [3.63, 3.8) is 0 Å². The number of ether oxygens (including phenoxy) is 2. The Morgan fingerprint density at radius 1 is 1.14 bits per heavy atom. The van der Waals surface area contributed by atoms with E-state index in [9.17, 15) is 19.5 Å². The summed E-state index contributed by atoms with van der Waals surface area (Å²) in [5, 5.41) is 11.3. The standard InChI is InChI=1S/C27H31N3O6/c1-4-35-27(34)29-14-11-19(12-15-29)30-23(21-10-5-6-13-28-21)22(25(32)26(30)33)24(31)18-8-7-9-20(16-18)36-17(2)3/h5-10,13,16-17,19,23,31H,4,11-12,14-15H2,1-3H3/b24-22+. The summed E-state index contributed by atoms with van der Waals surface area (Å²) in [5.74, 6) is -1.17. The summed E-state index contributed by atoms with van der Waals surface area (Å²) in [6.07, 6.45) is 2.10. The molecule has 9 heteroatoms. The fourth-order valence-electron chi connectivity index (χ4n) is 4.74. The molecule has 0 bridgehead atoms. The van der Waals surface area contributed by atoms with Gasteiger partial charge in [-0.05, 0) is 57.9 Å². The molecule has 9 nitrogen and oxygen atoms in total. The number of benzene rings is 1. The van der Waals surface area contributed by atoms with Crippen molar-refractivity contribution in [1.29, 1.82) is 0 Å². The predicted molar refractivity (Wildman–Crippen MR) is 132 cm³/mol. The van der Waals surface area contributed by atoms with E-state index >= 15 is 0 Å². The molecule has 0 spiro atoms. The number of pyridine rings is 1. The second kappa shape index (κ2) is 10.8. The highest BCUT2D eigenvalue weighted by molar-refractivity contribution is 6.46. The van der Waals surface area contributed by atoms with Crippen molar-refractivity contribution in [2.75, 3.05) is 19.7 Å². The fourth-order valence-corrected chi connectivity index (χ4v) is 4.74. The summed E-state index contributed by atoms with van der Waals surface area (Å²) in [6, 6.07) is 10.9. The highest BCUT2D eigenvalue weighted by Gasteiger charge is 2.50. The van der Waals surface area contributed by atoms with Gasteiger partial charge < -0.3 is 24.4 Å². The number of Topliss-reactive ketones (excluding diaryl/α,β-unsaturated/α-hetero) is 1. The molecule has 36 heavy (non-hydrogen) atoms. The third-order valence-corrected chi connectivity index (χ3v) is 6.31. The van der Waals surface area contributed by atoms with Crippen molar-refractivity contribution in [2.45, 2.75) is 51.8 Å². The number of carbonyl (C=O) groups excluding carboxylic acids is 3. The molecule has 1 N–H and O–H groups in total. The number of amides is 2. The minimum atomic E-state index is -0.847. The number of rotatable bonds is 6. The molecular formula is C27H31N3O6. The summed E-state index contributed by atoms with van der Waals surface area (Å²) in [6.45, 7) is 6.63. The molecule has 2 aliphatic rings. The number of likely N-dealkylation sites (tertiary alicyclic amines) is 2. The van der Waals surface area contributed by atoms with E-state index in [0.717, 1.165) is 0 Å². The van der Waals surface area contributed by atoms with Gasteiger partial charge in [0, 0.05) is 30.9 Å². The SMILES string of the molecule is CCOC(=O)N1CCC(N2C(=O)C(=O)/C(=C(/O)c3cccc(OC(C)C)c3)C2c2ccccn2)CC1. The van der Waals surface area contributed by atoms with E-state index in [4.69, 9.17) is 9.47 Å². The normalized spacial score (nSPS) is 20.2. The zero-order valence-corrected chi connectivity index (χ0v) is 20.7. The van der Waals surface area contributed by atoms with E-state index in [0.29, 0.717) is 42.9 Å². The summed E-state index contributed by atoms with van der Waals surface area (Å²) in [7, 11) is 0. The lowest BCUT2D eigenvalue weighted by molar-refractivity contribution is -0.142. The van der Waals surface area contributed by atoms with E-state index in [2.05, 4.69) is 4.98 Å². The van der Waals surface area contributed by atoms with Gasteiger partial charge in [-0.15, -0.1) is 0 Å². The number of aromatic nitrogens is 1. The lowest BCUT2D eigenvalue weighted by Gasteiger charge is -2.38. The van der Waals surface area contributed by atoms with E-state index in [1.165, 1.54) is 4.90 Å². The molecular weight excluding hydrogens is 462 g/mol. The number of hydrogen-bond acceptors (Lipinski definition) is 7. The Labute approximate surface area is 210 Å². The molecule has 0 radical (unpaired) electrons. The molecule has 190 valence electrons. The largest absolute Gasteiger partial charge is 0.507 e. The number of nitrogens with zero attached hydrogens (tertiary/aromatic N) is 3. The first-order valence-corrected chi connectivity index (χ1v) is 12.2. The maximum Gasteiger partial charge on any atom is 0.409 e. The van der Waals surface area contributed by atoms with E-state index in [-0.39, 0.29) is 36.2 Å². The van der Waals surface area contributed by atoms with Crippen molar-refractivity contribution in [3.05, 3.63) is 65.5 Å². The number of aliphatic hydroxyl groups is 1. The van der Waals surface area contributed by atoms with Gasteiger partial charge in [-0.2, -0.15) is 0 Å². The Hall–Kier alpha value is -3.88. The third kappa shape index (κ3) is 5.05. The quantitative estimate of drug-likeness (QED) is 0.369. The molecule has 2 fully saturated rings. The average Bonchev–Trinajstić information content (AvgIpc) is 3.14. The van der Waals surface area contributed by atoms with Crippen LogP contribution in [0.15, 0.2) is 54.2 Å². The van der Waals surface area contributed by atoms with Crippen LogP contribution in [0.3, 0.4) is 0 Å². The van der Waals surface area contributed by atoms with Gasteiger partial charge >= 0.3 is 6.09 Å². The van der Waals surface area contributed by atoms with Crippen molar-refractivity contribution in [1.82, 2.24) is 14.8 Å². The first-order valence-electron chi connectivity index (χ1n) is 12.2. The Balaban J connectivity index is 1.71. The Morgan fingerprint density at radius 3 is 2.53 bits per heavy atom. The average molecular weight is 494 g/mol. The van der Waals surface area contributed by atoms with Gasteiger partial charge in [0.2, 0.25) is 0 Å². The number of hydrogen-bond donors (Lipinski definition) is 1. The first-order chi connectivity index (χ1) is 17.3. The van der Waals surface area contributed by atoms with E-state index in [1.807, 2.05) is 13.8 Å². The lowest BCUT2D eigenvalue weighted by atomic mass is 9.96. The fraction of sp³-hybridized carbons (Fsp3) is 0.407. The minimum Gasteiger partial charge on any atom is -0.507 e. The zero-order chi connectivity index (χ0) is 25.8. The minimum absolute atomic E-state index is 0.00628. The van der Waals surface area contributed by atoms with Gasteiger partial charge in [0.15, 0.2) is 0 Å². The van der Waals surface area contributed by atoms with Crippen LogP contribution in [0.1, 0.15) is 50.9 Å². The van der Waals surface area contributed by atoms with Crippen LogP contribution in [0, 0.1) is 0 Å². The molecule has 2 amide bonds. The molecule has 3 heterocycles. The van der Waals surface area contributed by atoms with Crippen LogP contribution in [0.4, 0.5) is 4.79 Å². The summed E-state index contributed by atoms with van der Waals surface area (Å²) >= 11 is 0. The summed E-state index contributed by atoms with van der Waals surface area (Å²) in [4.78, 5) is 46.3. The van der Waals surface area contributed by atoms with Crippen LogP contribution >= 0.6 is 0 Å². The smallest absolute Gasteiger partial charge is 0.409 e. The van der Waals surface area contributed by atoms with Gasteiger partial charge in [-0.3, -0.25) is 14.6 Å². The van der Waals surface area contributed by atoms with Crippen LogP contribution in [-0.4, -0.2) is 69.5 Å². The van der Waals surface area contributed by atoms with Crippen LogP contribution in [0.25, 0.3) is 5.76 Å². The van der Waals surface area contributed by atoms with E-state index < -0.39 is 17.7 Å². The van der Waals surface area contributed by atoms with Crippen LogP contribution in [0.5, 0.6) is 5.75 Å². The van der Waals surface area contributed by atoms with Gasteiger partial charge in [-0.25, -0.2) is 4.79 Å². The molecule has 0 saturated carbocycles. The molecule has 1 aromatic heterocycles. The molecule has 1 unspecified atom stereocenters.